The molecule has 1 aliphatic rings. The summed E-state index contributed by atoms with van der Waals surface area (Å²) >= 11 is 2.23. The molecule has 0 bridgehead atoms. The zero-order chi connectivity index (χ0) is 8.81. The molecule has 0 heterocycles. The van der Waals surface area contributed by atoms with Gasteiger partial charge in [0.25, 0.3) is 0 Å². The predicted octanol–water partition coefficient (Wildman–Crippen LogP) is 3.34. The van der Waals surface area contributed by atoms with Crippen LogP contribution in [0.5, 0.6) is 0 Å². The van der Waals surface area contributed by atoms with Crippen LogP contribution in [0, 0.1) is 0 Å². The van der Waals surface area contributed by atoms with Gasteiger partial charge in [0.15, 0.2) is 0 Å². The van der Waals surface area contributed by atoms with E-state index in [9.17, 15) is 0 Å². The first-order valence-electron chi connectivity index (χ1n) is 5.19. The van der Waals surface area contributed by atoms with Gasteiger partial charge in [0.1, 0.15) is 0 Å². The topological polar surface area (TPSA) is 0 Å². The average molecular weight is 156 g/mol. The molecule has 1 rings (SSSR count). The second-order valence-corrected chi connectivity index (χ2v) is 3.70. The van der Waals surface area contributed by atoms with E-state index in [2.05, 4.69) is 36.8 Å². The molecule has 0 aromatic rings. The molecule has 0 aromatic heterocycles. The first-order valence-corrected chi connectivity index (χ1v) is 5.19. The van der Waals surface area contributed by atoms with Crippen LogP contribution in [0.3, 0.4) is 0 Å². The second kappa shape index (κ2) is 5.68. The number of allylic oxidation sites excluding steroid dienone is 4. The first kappa shape index (κ1) is 10.2. The fraction of sp³-hybridized carbons (Fsp3) is 0.636. The SMILES string of the molecule is [Li][C]1=C(CCCCCC)CC=C1. The quantitative estimate of drug-likeness (QED) is 0.423. The molecule has 0 N–H and O–H groups in total. The molecule has 12 heavy (non-hydrogen) atoms. The maximum absolute atomic E-state index is 2.28. The Hall–Kier alpha value is 0.0774. The average Bonchev–Trinajstić information content (AvgIpc) is 2.46. The summed E-state index contributed by atoms with van der Waals surface area (Å²) in [7, 11) is 0. The second-order valence-electron chi connectivity index (χ2n) is 3.70. The predicted molar refractivity (Wildman–Crippen MR) is 55.3 cm³/mol. The van der Waals surface area contributed by atoms with Crippen molar-refractivity contribution in [1.82, 2.24) is 0 Å². The van der Waals surface area contributed by atoms with Gasteiger partial charge in [-0.05, 0) is 0 Å². The molecule has 0 radical (unpaired) electrons. The molecule has 0 aliphatic heterocycles. The monoisotopic (exact) mass is 156 g/mol. The maximum atomic E-state index is 2.28. The van der Waals surface area contributed by atoms with Crippen molar-refractivity contribution in [2.75, 3.05) is 0 Å². The van der Waals surface area contributed by atoms with Crippen LogP contribution in [0.15, 0.2) is 22.0 Å². The van der Waals surface area contributed by atoms with Crippen LogP contribution >= 0.6 is 0 Å². The van der Waals surface area contributed by atoms with Gasteiger partial charge in [0.2, 0.25) is 0 Å². The van der Waals surface area contributed by atoms with Crippen molar-refractivity contribution in [2.45, 2.75) is 45.4 Å². The minimum absolute atomic E-state index is 1.22. The molecular weight excluding hydrogens is 139 g/mol. The van der Waals surface area contributed by atoms with Gasteiger partial charge in [-0.3, -0.25) is 0 Å². The summed E-state index contributed by atoms with van der Waals surface area (Å²) in [6.07, 6.45) is 12.6. The zero-order valence-electron chi connectivity index (χ0n) is 8.40. The summed E-state index contributed by atoms with van der Waals surface area (Å²) in [6, 6.07) is 0. The summed E-state index contributed by atoms with van der Waals surface area (Å²) < 4.78 is 1.52. The summed E-state index contributed by atoms with van der Waals surface area (Å²) in [6.45, 7) is 2.27. The Morgan fingerprint density at radius 3 is 2.75 bits per heavy atom. The molecule has 0 fully saturated rings. The normalized spacial score (nSPS) is 16.2. The van der Waals surface area contributed by atoms with Crippen LogP contribution in [0.4, 0.5) is 0 Å². The van der Waals surface area contributed by atoms with Gasteiger partial charge < -0.3 is 0 Å². The van der Waals surface area contributed by atoms with Crippen molar-refractivity contribution in [3.8, 4) is 0 Å². The fourth-order valence-corrected chi connectivity index (χ4v) is 1.72. The molecule has 0 amide bonds. The Morgan fingerprint density at radius 2 is 2.17 bits per heavy atom. The molecule has 0 atom stereocenters. The molecule has 0 nitrogen and oxygen atoms in total. The van der Waals surface area contributed by atoms with E-state index >= 15 is 0 Å². The van der Waals surface area contributed by atoms with E-state index in [-0.39, 0.29) is 0 Å². The van der Waals surface area contributed by atoms with Gasteiger partial charge in [0, 0.05) is 0 Å². The van der Waals surface area contributed by atoms with Crippen LogP contribution in [0.1, 0.15) is 45.4 Å². The van der Waals surface area contributed by atoms with Gasteiger partial charge in [-0.15, -0.1) is 0 Å². The van der Waals surface area contributed by atoms with E-state index in [0.29, 0.717) is 0 Å². The van der Waals surface area contributed by atoms with Crippen molar-refractivity contribution in [2.24, 2.45) is 0 Å². The minimum atomic E-state index is 1.22. The van der Waals surface area contributed by atoms with Crippen LogP contribution in [-0.2, 0) is 0 Å². The van der Waals surface area contributed by atoms with E-state index in [1.54, 1.807) is 5.57 Å². The van der Waals surface area contributed by atoms with E-state index in [0.717, 1.165) is 0 Å². The van der Waals surface area contributed by atoms with Crippen molar-refractivity contribution in [3.05, 3.63) is 22.0 Å². The Bertz CT molecular complexity index is 189. The van der Waals surface area contributed by atoms with E-state index in [1.807, 2.05) is 0 Å². The summed E-state index contributed by atoms with van der Waals surface area (Å²) in [5.41, 5.74) is 1.67. The molecule has 0 aromatic carbocycles. The fourth-order valence-electron chi connectivity index (χ4n) is 1.72. The molecule has 0 saturated carbocycles. The number of hydrogen-bond acceptors (Lipinski definition) is 0. The van der Waals surface area contributed by atoms with Crippen molar-refractivity contribution >= 4 is 17.7 Å². The number of unbranched alkanes of at least 4 members (excludes halogenated alkanes) is 3. The molecule has 0 spiro atoms. The van der Waals surface area contributed by atoms with Crippen molar-refractivity contribution < 1.29 is 0 Å². The summed E-state index contributed by atoms with van der Waals surface area (Å²) in [4.78, 5) is 0. The molecular formula is C11H17Li. The molecule has 0 unspecified atom stereocenters. The Morgan fingerprint density at radius 1 is 1.33 bits per heavy atom. The van der Waals surface area contributed by atoms with Crippen LogP contribution in [0.25, 0.3) is 0 Å². The Balaban J connectivity index is 2.12. The first-order chi connectivity index (χ1) is 5.84. The standard InChI is InChI=1S/C11H17.Li/c1-2-3-4-5-8-11-9-6-7-10-11;/h6-7H,2-5,8-9H2,1H3;. The molecule has 1 heteroatoms. The van der Waals surface area contributed by atoms with Gasteiger partial charge in [-0.1, -0.05) is 0 Å². The third-order valence-corrected chi connectivity index (χ3v) is 2.62. The van der Waals surface area contributed by atoms with Crippen LogP contribution in [0.2, 0.25) is 0 Å². The van der Waals surface area contributed by atoms with Crippen LogP contribution in [-0.4, -0.2) is 17.7 Å². The third kappa shape index (κ3) is 3.21. The summed E-state index contributed by atoms with van der Waals surface area (Å²) in [5, 5.41) is 0. The summed E-state index contributed by atoms with van der Waals surface area (Å²) in [5.74, 6) is 0. The Labute approximate surface area is 85.3 Å². The van der Waals surface area contributed by atoms with Crippen molar-refractivity contribution in [3.63, 3.8) is 0 Å². The van der Waals surface area contributed by atoms with E-state index in [1.165, 1.54) is 42.8 Å². The van der Waals surface area contributed by atoms with Crippen molar-refractivity contribution in [1.29, 1.82) is 0 Å². The Kier molecular flexibility index (Phi) is 4.81. The zero-order valence-corrected chi connectivity index (χ0v) is 8.40. The van der Waals surface area contributed by atoms with Gasteiger partial charge in [0.05, 0.1) is 0 Å². The molecule has 0 saturated heterocycles. The van der Waals surface area contributed by atoms with E-state index < -0.39 is 0 Å². The van der Waals surface area contributed by atoms with Gasteiger partial charge in [-0.2, -0.15) is 0 Å². The molecule has 1 aliphatic carbocycles. The van der Waals surface area contributed by atoms with Gasteiger partial charge in [-0.25, -0.2) is 0 Å². The third-order valence-electron chi connectivity index (χ3n) is 2.62. The van der Waals surface area contributed by atoms with Crippen LogP contribution < -0.4 is 0 Å². The number of rotatable bonds is 5. The van der Waals surface area contributed by atoms with E-state index in [4.69, 9.17) is 0 Å². The number of hydrogen-bond donors (Lipinski definition) is 0. The molecule has 62 valence electrons. The van der Waals surface area contributed by atoms with Gasteiger partial charge >= 0.3 is 85.1 Å².